The van der Waals surface area contributed by atoms with Gasteiger partial charge in [0.2, 0.25) is 0 Å². The monoisotopic (exact) mass is 290 g/mol. The van der Waals surface area contributed by atoms with Crippen LogP contribution in [-0.4, -0.2) is 26.4 Å². The lowest BCUT2D eigenvalue weighted by molar-refractivity contribution is 0.227. The summed E-state index contributed by atoms with van der Waals surface area (Å²) in [5, 5.41) is 0. The zero-order chi connectivity index (χ0) is 14.8. The van der Waals surface area contributed by atoms with Crippen molar-refractivity contribution < 1.29 is 0 Å². The molecule has 0 saturated carbocycles. The van der Waals surface area contributed by atoms with Crippen LogP contribution in [-0.2, 0) is 13.1 Å². The van der Waals surface area contributed by atoms with Crippen molar-refractivity contribution in [3.8, 4) is 0 Å². The van der Waals surface area contributed by atoms with Gasteiger partial charge >= 0.3 is 0 Å². The smallest absolute Gasteiger partial charge is 0.0925 e. The van der Waals surface area contributed by atoms with Crippen LogP contribution in [0.25, 0.3) is 0 Å². The van der Waals surface area contributed by atoms with Gasteiger partial charge in [0.05, 0.1) is 17.7 Å². The predicted molar refractivity (Wildman–Crippen MR) is 85.2 cm³/mol. The molecule has 0 bridgehead atoms. The summed E-state index contributed by atoms with van der Waals surface area (Å²) in [6, 6.07) is 14.8. The lowest BCUT2D eigenvalue weighted by Gasteiger charge is -2.32. The highest BCUT2D eigenvalue weighted by Crippen LogP contribution is 2.31. The first-order valence-corrected chi connectivity index (χ1v) is 7.58. The number of nitrogens with one attached hydrogen (secondary N) is 1. The molecular formula is C18H18N4. The van der Waals surface area contributed by atoms with Crippen LogP contribution in [0.4, 0.5) is 0 Å². The molecule has 1 aliphatic heterocycles. The van der Waals surface area contributed by atoms with E-state index < -0.39 is 0 Å². The largest absolute Gasteiger partial charge is 0.347 e. The van der Waals surface area contributed by atoms with Crippen LogP contribution in [0.1, 0.15) is 28.4 Å². The van der Waals surface area contributed by atoms with E-state index in [1.165, 1.54) is 22.5 Å². The number of nitrogens with zero attached hydrogens (tertiary/aromatic N) is 3. The highest BCUT2D eigenvalue weighted by Gasteiger charge is 2.28. The number of H-pyrrole nitrogens is 1. The minimum atomic E-state index is 0.327. The Bertz CT molecular complexity index is 736. The van der Waals surface area contributed by atoms with E-state index in [1.54, 1.807) is 0 Å². The summed E-state index contributed by atoms with van der Waals surface area (Å²) in [4.78, 5) is 14.5. The topological polar surface area (TPSA) is 44.8 Å². The molecule has 0 radical (unpaired) electrons. The number of fused-ring (bicyclic) bond motifs is 1. The molecule has 0 spiro atoms. The fourth-order valence-corrected chi connectivity index (χ4v) is 3.21. The van der Waals surface area contributed by atoms with E-state index >= 15 is 0 Å². The highest BCUT2D eigenvalue weighted by atomic mass is 15.2. The summed E-state index contributed by atoms with van der Waals surface area (Å²) in [5.41, 5.74) is 4.99. The summed E-state index contributed by atoms with van der Waals surface area (Å²) in [5.74, 6) is 0.327. The maximum absolute atomic E-state index is 4.56. The third-order valence-electron chi connectivity index (χ3n) is 4.24. The third kappa shape index (κ3) is 2.53. The second-order valence-electron chi connectivity index (χ2n) is 5.76. The van der Waals surface area contributed by atoms with Crippen molar-refractivity contribution in [1.29, 1.82) is 0 Å². The molecule has 1 unspecified atom stereocenters. The second kappa shape index (κ2) is 5.73. The lowest BCUT2D eigenvalue weighted by atomic mass is 9.91. The first-order chi connectivity index (χ1) is 10.9. The Labute approximate surface area is 129 Å². The molecule has 4 heteroatoms. The fourth-order valence-electron chi connectivity index (χ4n) is 3.21. The van der Waals surface area contributed by atoms with Crippen molar-refractivity contribution >= 4 is 0 Å². The molecule has 110 valence electrons. The normalized spacial score (nSPS) is 18.1. The van der Waals surface area contributed by atoms with E-state index in [1.807, 2.05) is 24.8 Å². The highest BCUT2D eigenvalue weighted by molar-refractivity contribution is 5.33. The maximum Gasteiger partial charge on any atom is 0.0925 e. The SMILES string of the molecule is c1ccc(C2CN(Cc3cccnc3)Cc3[nH]cnc32)cc1. The third-order valence-corrected chi connectivity index (χ3v) is 4.24. The molecule has 0 fully saturated rings. The van der Waals surface area contributed by atoms with Crippen molar-refractivity contribution in [3.63, 3.8) is 0 Å². The number of aromatic amines is 1. The lowest BCUT2D eigenvalue weighted by Crippen LogP contribution is -2.33. The molecule has 1 aromatic carbocycles. The molecule has 3 aromatic rings. The van der Waals surface area contributed by atoms with Gasteiger partial charge in [-0.2, -0.15) is 0 Å². The van der Waals surface area contributed by atoms with E-state index in [2.05, 4.69) is 56.3 Å². The minimum Gasteiger partial charge on any atom is -0.347 e. The van der Waals surface area contributed by atoms with Gasteiger partial charge in [-0.25, -0.2) is 4.98 Å². The van der Waals surface area contributed by atoms with E-state index in [9.17, 15) is 0 Å². The van der Waals surface area contributed by atoms with Crippen LogP contribution < -0.4 is 0 Å². The van der Waals surface area contributed by atoms with E-state index in [0.717, 1.165) is 19.6 Å². The summed E-state index contributed by atoms with van der Waals surface area (Å²) in [6.07, 6.45) is 5.58. The maximum atomic E-state index is 4.56. The van der Waals surface area contributed by atoms with E-state index in [0.29, 0.717) is 5.92 Å². The molecule has 1 N–H and O–H groups in total. The second-order valence-corrected chi connectivity index (χ2v) is 5.76. The molecule has 0 saturated heterocycles. The molecule has 22 heavy (non-hydrogen) atoms. The van der Waals surface area contributed by atoms with Crippen LogP contribution in [0.15, 0.2) is 61.2 Å². The van der Waals surface area contributed by atoms with Crippen LogP contribution in [0.3, 0.4) is 0 Å². The average Bonchev–Trinajstić information content (AvgIpc) is 3.04. The van der Waals surface area contributed by atoms with E-state index in [-0.39, 0.29) is 0 Å². The number of imidazole rings is 1. The quantitative estimate of drug-likeness (QED) is 0.806. The van der Waals surface area contributed by atoms with Gasteiger partial charge in [0.15, 0.2) is 0 Å². The fraction of sp³-hybridized carbons (Fsp3) is 0.222. The molecular weight excluding hydrogens is 272 g/mol. The zero-order valence-electron chi connectivity index (χ0n) is 12.3. The van der Waals surface area contributed by atoms with Crippen LogP contribution >= 0.6 is 0 Å². The Balaban J connectivity index is 1.63. The Morgan fingerprint density at radius 3 is 2.86 bits per heavy atom. The first-order valence-electron chi connectivity index (χ1n) is 7.58. The Morgan fingerprint density at radius 2 is 2.05 bits per heavy atom. The van der Waals surface area contributed by atoms with Crippen molar-refractivity contribution in [1.82, 2.24) is 19.9 Å². The number of pyridine rings is 1. The molecule has 0 amide bonds. The zero-order valence-corrected chi connectivity index (χ0v) is 12.3. The van der Waals surface area contributed by atoms with Crippen molar-refractivity contribution in [2.24, 2.45) is 0 Å². The van der Waals surface area contributed by atoms with Gasteiger partial charge in [0.1, 0.15) is 0 Å². The first kappa shape index (κ1) is 13.2. The molecule has 1 aliphatic rings. The standard InChI is InChI=1S/C18H18N4/c1-2-6-15(7-3-1)16-11-22(10-14-5-4-8-19-9-14)12-17-18(16)21-13-20-17/h1-9,13,16H,10-12H2,(H,20,21). The van der Waals surface area contributed by atoms with Crippen LogP contribution in [0, 0.1) is 0 Å². The van der Waals surface area contributed by atoms with Gasteiger partial charge < -0.3 is 4.98 Å². The Kier molecular flexibility index (Phi) is 3.45. The molecule has 1 atom stereocenters. The van der Waals surface area contributed by atoms with Gasteiger partial charge in [-0.1, -0.05) is 36.4 Å². The van der Waals surface area contributed by atoms with Crippen LogP contribution in [0.5, 0.6) is 0 Å². The van der Waals surface area contributed by atoms with E-state index in [4.69, 9.17) is 0 Å². The average molecular weight is 290 g/mol. The summed E-state index contributed by atoms with van der Waals surface area (Å²) < 4.78 is 0. The Morgan fingerprint density at radius 1 is 1.14 bits per heavy atom. The summed E-state index contributed by atoms with van der Waals surface area (Å²) in [6.45, 7) is 2.81. The van der Waals surface area contributed by atoms with Gasteiger partial charge in [0.25, 0.3) is 0 Å². The number of benzene rings is 1. The van der Waals surface area contributed by atoms with Gasteiger partial charge in [0, 0.05) is 37.9 Å². The molecule has 4 nitrogen and oxygen atoms in total. The molecule has 3 heterocycles. The number of hydrogen-bond donors (Lipinski definition) is 1. The van der Waals surface area contributed by atoms with Crippen LogP contribution in [0.2, 0.25) is 0 Å². The Hall–Kier alpha value is -2.46. The van der Waals surface area contributed by atoms with Crippen molar-refractivity contribution in [2.45, 2.75) is 19.0 Å². The number of rotatable bonds is 3. The number of hydrogen-bond acceptors (Lipinski definition) is 3. The van der Waals surface area contributed by atoms with Gasteiger partial charge in [-0.3, -0.25) is 9.88 Å². The van der Waals surface area contributed by atoms with Crippen molar-refractivity contribution in [3.05, 3.63) is 83.7 Å². The molecule has 0 aliphatic carbocycles. The van der Waals surface area contributed by atoms with Gasteiger partial charge in [-0.05, 0) is 17.2 Å². The van der Waals surface area contributed by atoms with Gasteiger partial charge in [-0.15, -0.1) is 0 Å². The molecule has 4 rings (SSSR count). The molecule has 2 aromatic heterocycles. The number of aromatic nitrogens is 3. The summed E-state index contributed by atoms with van der Waals surface area (Å²) in [7, 11) is 0. The summed E-state index contributed by atoms with van der Waals surface area (Å²) >= 11 is 0. The van der Waals surface area contributed by atoms with Crippen molar-refractivity contribution in [2.75, 3.05) is 6.54 Å². The predicted octanol–water partition coefficient (Wildman–Crippen LogP) is 2.95. The minimum absolute atomic E-state index is 0.327.